The average molecular weight is 269 g/mol. The average Bonchev–Trinajstić information content (AvgIpc) is 3.01. The topological polar surface area (TPSA) is 40.7 Å². The summed E-state index contributed by atoms with van der Waals surface area (Å²) in [6.07, 6.45) is 5.89. The van der Waals surface area contributed by atoms with Gasteiger partial charge in [0.15, 0.2) is 0 Å². The van der Waals surface area contributed by atoms with E-state index in [0.717, 1.165) is 18.7 Å². The van der Waals surface area contributed by atoms with E-state index in [9.17, 15) is 0 Å². The number of nitrogens with one attached hydrogen (secondary N) is 2. The van der Waals surface area contributed by atoms with Crippen LogP contribution in [-0.2, 0) is 6.42 Å². The Balaban J connectivity index is 1.89. The molecule has 1 heterocycles. The number of H-pyrrole nitrogens is 1. The molecule has 1 aromatic heterocycles. The van der Waals surface area contributed by atoms with Gasteiger partial charge < -0.3 is 4.98 Å². The van der Waals surface area contributed by atoms with Crippen molar-refractivity contribution in [3.63, 3.8) is 0 Å². The highest BCUT2D eigenvalue weighted by molar-refractivity contribution is 5.37. The highest BCUT2D eigenvalue weighted by Gasteiger charge is 2.39. The minimum atomic E-state index is 0.240. The van der Waals surface area contributed by atoms with Crippen molar-refractivity contribution in [2.45, 2.75) is 45.7 Å². The third-order valence-corrected chi connectivity index (χ3v) is 4.42. The van der Waals surface area contributed by atoms with Crippen molar-refractivity contribution >= 4 is 0 Å². The van der Waals surface area contributed by atoms with Crippen LogP contribution in [0, 0.1) is 5.41 Å². The molecular formula is C17H23N3. The molecule has 1 aromatic carbocycles. The lowest BCUT2D eigenvalue weighted by Gasteiger charge is -2.31. The van der Waals surface area contributed by atoms with Crippen molar-refractivity contribution in [2.24, 2.45) is 5.41 Å². The summed E-state index contributed by atoms with van der Waals surface area (Å²) in [5.41, 5.74) is 3.16. The summed E-state index contributed by atoms with van der Waals surface area (Å²) in [5, 5.41) is 3.82. The minimum Gasteiger partial charge on any atom is -0.347 e. The van der Waals surface area contributed by atoms with E-state index in [4.69, 9.17) is 0 Å². The minimum absolute atomic E-state index is 0.240. The fourth-order valence-electron chi connectivity index (χ4n) is 3.37. The predicted molar refractivity (Wildman–Crippen MR) is 81.4 cm³/mol. The van der Waals surface area contributed by atoms with Crippen LogP contribution in [0.2, 0.25) is 0 Å². The number of aromatic nitrogens is 2. The van der Waals surface area contributed by atoms with Crippen LogP contribution in [0.5, 0.6) is 0 Å². The molecule has 1 aliphatic rings. The number of nitrogens with zero attached hydrogens (tertiary/aromatic N) is 1. The molecule has 0 bridgehead atoms. The first-order chi connectivity index (χ1) is 9.62. The van der Waals surface area contributed by atoms with Crippen LogP contribution in [0.4, 0.5) is 0 Å². The first kappa shape index (κ1) is 13.4. The summed E-state index contributed by atoms with van der Waals surface area (Å²) < 4.78 is 0. The third-order valence-electron chi connectivity index (χ3n) is 4.42. The molecule has 2 aromatic rings. The second kappa shape index (κ2) is 5.06. The van der Waals surface area contributed by atoms with Gasteiger partial charge in [-0.05, 0) is 29.4 Å². The molecule has 3 rings (SSSR count). The number of aromatic amines is 1. The van der Waals surface area contributed by atoms with Crippen LogP contribution in [0.15, 0.2) is 36.7 Å². The lowest BCUT2D eigenvalue weighted by molar-refractivity contribution is 0.243. The van der Waals surface area contributed by atoms with Crippen LogP contribution in [0.3, 0.4) is 0 Å². The van der Waals surface area contributed by atoms with Gasteiger partial charge in [-0.1, -0.05) is 45.0 Å². The van der Waals surface area contributed by atoms with Crippen molar-refractivity contribution in [2.75, 3.05) is 0 Å². The van der Waals surface area contributed by atoms with Gasteiger partial charge >= 0.3 is 0 Å². The molecule has 3 heteroatoms. The van der Waals surface area contributed by atoms with Gasteiger partial charge in [-0.2, -0.15) is 0 Å². The molecule has 0 saturated carbocycles. The molecule has 0 aliphatic heterocycles. The molecule has 2 unspecified atom stereocenters. The lowest BCUT2D eigenvalue weighted by Crippen LogP contribution is -2.34. The van der Waals surface area contributed by atoms with Crippen LogP contribution < -0.4 is 5.32 Å². The van der Waals surface area contributed by atoms with Crippen molar-refractivity contribution in [1.82, 2.24) is 15.3 Å². The second-order valence-corrected chi connectivity index (χ2v) is 6.40. The Morgan fingerprint density at radius 2 is 2.20 bits per heavy atom. The smallest absolute Gasteiger partial charge is 0.123 e. The molecule has 106 valence electrons. The number of hydrogen-bond donors (Lipinski definition) is 2. The number of imidazole rings is 1. The van der Waals surface area contributed by atoms with Crippen molar-refractivity contribution in [3.05, 3.63) is 53.6 Å². The molecule has 0 saturated heterocycles. The summed E-state index contributed by atoms with van der Waals surface area (Å²) in [7, 11) is 0. The van der Waals surface area contributed by atoms with E-state index in [1.807, 2.05) is 12.4 Å². The first-order valence-electron chi connectivity index (χ1n) is 7.45. The molecule has 20 heavy (non-hydrogen) atoms. The Kier molecular flexibility index (Phi) is 3.38. The van der Waals surface area contributed by atoms with Gasteiger partial charge in [-0.25, -0.2) is 4.98 Å². The summed E-state index contributed by atoms with van der Waals surface area (Å²) in [5.74, 6) is 1.03. The number of hydrogen-bond acceptors (Lipinski definition) is 2. The van der Waals surface area contributed by atoms with Crippen LogP contribution in [-0.4, -0.2) is 9.97 Å². The van der Waals surface area contributed by atoms with Gasteiger partial charge in [0.05, 0.1) is 6.04 Å². The van der Waals surface area contributed by atoms with E-state index < -0.39 is 0 Å². The Morgan fingerprint density at radius 1 is 1.40 bits per heavy atom. The second-order valence-electron chi connectivity index (χ2n) is 6.40. The molecule has 0 fully saturated rings. The van der Waals surface area contributed by atoms with E-state index in [2.05, 4.69) is 60.3 Å². The summed E-state index contributed by atoms with van der Waals surface area (Å²) in [6.45, 7) is 6.90. The predicted octanol–water partition coefficient (Wildman–Crippen LogP) is 3.77. The zero-order valence-corrected chi connectivity index (χ0v) is 12.5. The number of benzene rings is 1. The fourth-order valence-corrected chi connectivity index (χ4v) is 3.37. The SMILES string of the molecule is CCC(NC1c2ccccc2CC1(C)C)c1ncc[nH]1. The van der Waals surface area contributed by atoms with E-state index in [1.54, 1.807) is 0 Å². The Bertz CT molecular complexity index is 572. The highest BCUT2D eigenvalue weighted by atomic mass is 15.0. The van der Waals surface area contributed by atoms with Crippen LogP contribution in [0.25, 0.3) is 0 Å². The summed E-state index contributed by atoms with van der Waals surface area (Å²) >= 11 is 0. The molecule has 0 amide bonds. The van der Waals surface area contributed by atoms with E-state index in [-0.39, 0.29) is 11.5 Å². The van der Waals surface area contributed by atoms with Gasteiger partial charge in [-0.15, -0.1) is 0 Å². The van der Waals surface area contributed by atoms with E-state index >= 15 is 0 Å². The standard InChI is InChI=1S/C17H23N3/c1-4-14(16-18-9-10-19-16)20-15-13-8-6-5-7-12(13)11-17(15,2)3/h5-10,14-15,20H,4,11H2,1-3H3,(H,18,19). The number of fused-ring (bicyclic) bond motifs is 1. The normalized spacial score (nSPS) is 21.6. The molecular weight excluding hydrogens is 246 g/mol. The molecule has 1 aliphatic carbocycles. The quantitative estimate of drug-likeness (QED) is 0.887. The largest absolute Gasteiger partial charge is 0.347 e. The fraction of sp³-hybridized carbons (Fsp3) is 0.471. The van der Waals surface area contributed by atoms with Gasteiger partial charge in [0.1, 0.15) is 5.82 Å². The van der Waals surface area contributed by atoms with E-state index in [1.165, 1.54) is 11.1 Å². The number of rotatable bonds is 4. The molecule has 2 atom stereocenters. The zero-order chi connectivity index (χ0) is 14.2. The first-order valence-corrected chi connectivity index (χ1v) is 7.45. The van der Waals surface area contributed by atoms with Crippen molar-refractivity contribution in [3.8, 4) is 0 Å². The van der Waals surface area contributed by atoms with E-state index in [0.29, 0.717) is 6.04 Å². The van der Waals surface area contributed by atoms with Crippen molar-refractivity contribution < 1.29 is 0 Å². The van der Waals surface area contributed by atoms with Gasteiger partial charge in [-0.3, -0.25) is 5.32 Å². The molecule has 0 radical (unpaired) electrons. The maximum Gasteiger partial charge on any atom is 0.123 e. The zero-order valence-electron chi connectivity index (χ0n) is 12.5. The Labute approximate surface area is 120 Å². The summed E-state index contributed by atoms with van der Waals surface area (Å²) in [4.78, 5) is 7.65. The monoisotopic (exact) mass is 269 g/mol. The third kappa shape index (κ3) is 2.27. The van der Waals surface area contributed by atoms with Crippen LogP contribution in [0.1, 0.15) is 56.2 Å². The van der Waals surface area contributed by atoms with Gasteiger partial charge in [0.25, 0.3) is 0 Å². The summed E-state index contributed by atoms with van der Waals surface area (Å²) in [6, 6.07) is 9.46. The highest BCUT2D eigenvalue weighted by Crippen LogP contribution is 2.46. The Hall–Kier alpha value is -1.61. The maximum atomic E-state index is 4.42. The van der Waals surface area contributed by atoms with Crippen LogP contribution >= 0.6 is 0 Å². The lowest BCUT2D eigenvalue weighted by atomic mass is 9.84. The molecule has 2 N–H and O–H groups in total. The maximum absolute atomic E-state index is 4.42. The van der Waals surface area contributed by atoms with Crippen molar-refractivity contribution in [1.29, 1.82) is 0 Å². The van der Waals surface area contributed by atoms with Gasteiger partial charge in [0, 0.05) is 18.4 Å². The molecule has 0 spiro atoms. The molecule has 3 nitrogen and oxygen atoms in total. The Morgan fingerprint density at radius 3 is 2.90 bits per heavy atom. The van der Waals surface area contributed by atoms with Gasteiger partial charge in [0.2, 0.25) is 0 Å².